The minimum Gasteiger partial charge on any atom is -0.393 e. The van der Waals surface area contributed by atoms with E-state index in [1.54, 1.807) is 0 Å². The summed E-state index contributed by atoms with van der Waals surface area (Å²) in [7, 11) is -11.7. The highest BCUT2D eigenvalue weighted by molar-refractivity contribution is 7.87. The van der Waals surface area contributed by atoms with E-state index < -0.39 is 68.0 Å². The summed E-state index contributed by atoms with van der Waals surface area (Å²) < 4.78 is 82.7. The summed E-state index contributed by atoms with van der Waals surface area (Å²) in [6, 6.07) is 0. The van der Waals surface area contributed by atoms with Crippen LogP contribution in [0.3, 0.4) is 0 Å². The van der Waals surface area contributed by atoms with E-state index in [9.17, 15) is 36.9 Å². The van der Waals surface area contributed by atoms with Crippen LogP contribution in [0.2, 0.25) is 22.2 Å². The first-order valence-electron chi connectivity index (χ1n) is 13.4. The molecule has 0 aliphatic carbocycles. The number of nitrogens with two attached hydrogens (primary N) is 1. The minimum atomic E-state index is -6.60. The maximum atomic E-state index is 13.7. The van der Waals surface area contributed by atoms with Crippen LogP contribution in [0, 0.1) is 0 Å². The topological polar surface area (TPSA) is 204 Å². The molecule has 1 radical (unpaired) electrons. The molecular weight excluding hydrogens is 620 g/mol. The van der Waals surface area contributed by atoms with Gasteiger partial charge in [0.2, 0.25) is 17.1 Å². The fourth-order valence-corrected chi connectivity index (χ4v) is 24.2. The number of aliphatic hydroxyl groups is 3. The number of nitrogens with one attached hydrogen (secondary N) is 2. The second kappa shape index (κ2) is 11.7. The average molecular weight is 660 g/mol. The van der Waals surface area contributed by atoms with Gasteiger partial charge in [0.1, 0.15) is 6.10 Å². The maximum Gasteiger partial charge on any atom is 0.523 e. The van der Waals surface area contributed by atoms with E-state index in [2.05, 4.69) is 24.1 Å². The first-order valence-corrected chi connectivity index (χ1v) is 19.6. The summed E-state index contributed by atoms with van der Waals surface area (Å²) in [5.74, 6) is -8.03. The smallest absolute Gasteiger partial charge is 0.393 e. The molecule has 1 unspecified atom stereocenters. The Bertz CT molecular complexity index is 1360. The van der Waals surface area contributed by atoms with Gasteiger partial charge in [0.15, 0.2) is 26.1 Å². The van der Waals surface area contributed by atoms with Crippen molar-refractivity contribution in [3.8, 4) is 0 Å². The van der Waals surface area contributed by atoms with Gasteiger partial charge in [-0.15, -0.1) is 0 Å². The second-order valence-corrected chi connectivity index (χ2v) is 24.6. The zero-order chi connectivity index (χ0) is 32.2. The number of ether oxygens (including phenoxy) is 1. The molecular formula is C23H40F3N5O8SSi2+. The Labute approximate surface area is 244 Å². The third-order valence-electron chi connectivity index (χ3n) is 7.64. The van der Waals surface area contributed by atoms with Gasteiger partial charge in [0.25, 0.3) is 5.79 Å². The molecule has 1 aliphatic heterocycles. The lowest BCUT2D eigenvalue weighted by Gasteiger charge is -2.53. The predicted molar refractivity (Wildman–Crippen MR) is 149 cm³/mol. The third kappa shape index (κ3) is 5.51. The Balaban J connectivity index is 2.38. The highest BCUT2D eigenvalue weighted by Gasteiger charge is 2.76. The van der Waals surface area contributed by atoms with Crippen LogP contribution >= 0.6 is 0 Å². The monoisotopic (exact) mass is 659 g/mol. The Kier molecular flexibility index (Phi) is 9.65. The zero-order valence-electron chi connectivity index (χ0n) is 24.6. The number of H-pyrrole nitrogens is 2. The van der Waals surface area contributed by atoms with E-state index in [-0.39, 0.29) is 39.1 Å². The average Bonchev–Trinajstić information content (AvgIpc) is 3.38. The molecule has 1 saturated heterocycles. The molecule has 0 aromatic carbocycles. The lowest BCUT2D eigenvalue weighted by Crippen LogP contribution is -2.72. The lowest BCUT2D eigenvalue weighted by atomic mass is 9.99. The number of halogens is 3. The molecule has 0 bridgehead atoms. The number of anilines is 1. The van der Waals surface area contributed by atoms with E-state index in [0.717, 1.165) is 0 Å². The fourth-order valence-electron chi connectivity index (χ4n) is 6.12. The molecule has 0 saturated carbocycles. The highest BCUT2D eigenvalue weighted by atomic mass is 32.2. The summed E-state index contributed by atoms with van der Waals surface area (Å²) in [4.78, 5) is 13.5. The molecule has 19 heteroatoms. The molecule has 1 fully saturated rings. The molecule has 3 rings (SSSR count). The molecule has 2 aromatic heterocycles. The van der Waals surface area contributed by atoms with Crippen LogP contribution in [-0.4, -0.2) is 84.6 Å². The van der Waals surface area contributed by atoms with Gasteiger partial charge in [-0.1, -0.05) is 71.5 Å². The van der Waals surface area contributed by atoms with Crippen molar-refractivity contribution in [2.24, 2.45) is 0 Å². The lowest BCUT2D eigenvalue weighted by molar-refractivity contribution is -0.347. The normalized spacial score (nSPS) is 26.2. The van der Waals surface area contributed by atoms with E-state index in [4.69, 9.17) is 14.9 Å². The SMILES string of the molecule is CC(C)[Si](C(C)C)[Si](O[C@@]1(O)[C@@H](CO)OC(c2nc(N)c3[nH]c[nH+]c3n2)[C@]1(O)OS(=O)(=O)C(F)(F)F)(C(C)C)C(C)C. The summed E-state index contributed by atoms with van der Waals surface area (Å²) >= 11 is 0. The number of nitrogen functional groups attached to an aromatic ring is 1. The molecule has 1 aliphatic rings. The highest BCUT2D eigenvalue weighted by Crippen LogP contribution is 2.55. The quantitative estimate of drug-likeness (QED) is 0.102. The van der Waals surface area contributed by atoms with Crippen LogP contribution in [0.1, 0.15) is 67.3 Å². The molecule has 0 amide bonds. The van der Waals surface area contributed by atoms with Gasteiger partial charge in [-0.2, -0.15) is 26.6 Å². The van der Waals surface area contributed by atoms with Gasteiger partial charge in [-0.05, 0) is 11.1 Å². The Morgan fingerprint density at radius 2 is 1.67 bits per heavy atom. The van der Waals surface area contributed by atoms with Gasteiger partial charge < -0.3 is 30.2 Å². The first-order chi connectivity index (χ1) is 19.1. The molecule has 0 spiro atoms. The van der Waals surface area contributed by atoms with Crippen molar-refractivity contribution in [3.63, 3.8) is 0 Å². The van der Waals surface area contributed by atoms with E-state index >= 15 is 0 Å². The van der Waals surface area contributed by atoms with Gasteiger partial charge in [0, 0.05) is 0 Å². The molecule has 7 N–H and O–H groups in total. The molecule has 2 aromatic rings. The van der Waals surface area contributed by atoms with Crippen molar-refractivity contribution >= 4 is 43.2 Å². The molecule has 13 nitrogen and oxygen atoms in total. The summed E-state index contributed by atoms with van der Waals surface area (Å²) in [5.41, 5.74) is -0.350. The van der Waals surface area contributed by atoms with Gasteiger partial charge >= 0.3 is 21.3 Å². The number of alkyl halides is 3. The van der Waals surface area contributed by atoms with Crippen molar-refractivity contribution in [2.75, 3.05) is 12.3 Å². The zero-order valence-corrected chi connectivity index (χ0v) is 27.5. The third-order valence-corrected chi connectivity index (χ3v) is 26.1. The number of imidazole rings is 1. The maximum absolute atomic E-state index is 13.7. The number of nitrogens with zero attached hydrogens (tertiary/aromatic N) is 2. The van der Waals surface area contributed by atoms with E-state index in [1.165, 1.54) is 6.33 Å². The summed E-state index contributed by atoms with van der Waals surface area (Å²) in [5, 5.41) is 34.6. The standard InChI is InChI=1S/C23H39F3N5O8SSi2/c1-11(2)41(12(3)4)42(13(5)6,14(7)8)39-21(33)15(9-32)37-17(22(21,34)38-40(35,36)23(24,25)26)20-30-18(27)16-19(31-20)29-10-28-16/h10-15,17,32-34H,9H2,1-8H3,(H3,27,28,29,30,31)/p+1/t15-,17?,21+,22+/m1/s1. The van der Waals surface area contributed by atoms with Crippen molar-refractivity contribution in [2.45, 2.75) is 107 Å². The van der Waals surface area contributed by atoms with Crippen LogP contribution in [0.15, 0.2) is 6.33 Å². The number of aromatic amines is 2. The largest absolute Gasteiger partial charge is 0.523 e. The van der Waals surface area contributed by atoms with Gasteiger partial charge in [-0.25, -0.2) is 9.17 Å². The number of rotatable bonds is 11. The predicted octanol–water partition coefficient (Wildman–Crippen LogP) is 2.21. The Hall–Kier alpha value is -1.72. The summed E-state index contributed by atoms with van der Waals surface area (Å²) in [6.07, 6.45) is -2.97. The van der Waals surface area contributed by atoms with Crippen molar-refractivity contribution in [1.82, 2.24) is 15.0 Å². The molecule has 239 valence electrons. The van der Waals surface area contributed by atoms with Crippen LogP contribution in [-0.2, 0) is 23.5 Å². The molecule has 42 heavy (non-hydrogen) atoms. The second-order valence-electron chi connectivity index (χ2n) is 11.7. The van der Waals surface area contributed by atoms with Crippen LogP contribution in [0.5, 0.6) is 0 Å². The number of hydrogen-bond acceptors (Lipinski definition) is 11. The summed E-state index contributed by atoms with van der Waals surface area (Å²) in [6.45, 7) is 14.2. The van der Waals surface area contributed by atoms with Crippen LogP contribution < -0.4 is 10.7 Å². The van der Waals surface area contributed by atoms with Crippen molar-refractivity contribution < 1.29 is 55.2 Å². The molecule has 3 heterocycles. The fraction of sp³-hybridized carbons (Fsp3) is 0.783. The van der Waals surface area contributed by atoms with Gasteiger partial charge in [0.05, 0.1) is 14.9 Å². The Morgan fingerprint density at radius 1 is 1.12 bits per heavy atom. The number of aliphatic hydroxyl groups excluding tert-OH is 1. The Morgan fingerprint density at radius 3 is 2.12 bits per heavy atom. The van der Waals surface area contributed by atoms with Crippen LogP contribution in [0.4, 0.5) is 19.0 Å². The number of aromatic nitrogens is 4. The molecule has 4 atom stereocenters. The van der Waals surface area contributed by atoms with Crippen molar-refractivity contribution in [1.29, 1.82) is 0 Å². The van der Waals surface area contributed by atoms with Crippen LogP contribution in [0.25, 0.3) is 11.2 Å². The van der Waals surface area contributed by atoms with Crippen molar-refractivity contribution in [3.05, 3.63) is 12.2 Å². The number of fused-ring (bicyclic) bond motifs is 1. The van der Waals surface area contributed by atoms with E-state index in [0.29, 0.717) is 0 Å². The van der Waals surface area contributed by atoms with Gasteiger partial charge in [-0.3, -0.25) is 4.98 Å². The first kappa shape index (κ1) is 34.8. The minimum absolute atomic E-state index is 0.0252. The number of hydrogen-bond donors (Lipinski definition) is 5. The van der Waals surface area contributed by atoms with E-state index in [1.807, 2.05) is 55.4 Å².